The Balaban J connectivity index is 1.53. The fraction of sp³-hybridized carbons (Fsp3) is 0.0870. The molecule has 150 valence electrons. The lowest BCUT2D eigenvalue weighted by atomic mass is 10.2. The smallest absolute Gasteiger partial charge is 0.230 e. The van der Waals surface area contributed by atoms with Crippen LogP contribution in [0.15, 0.2) is 90.1 Å². The van der Waals surface area contributed by atoms with Crippen molar-refractivity contribution in [2.75, 3.05) is 5.75 Å². The number of aromatic nitrogens is 3. The Bertz CT molecular complexity index is 1120. The summed E-state index contributed by atoms with van der Waals surface area (Å²) in [6.07, 6.45) is 0. The number of carbonyl (C=O) groups excluding carboxylic acids is 1. The van der Waals surface area contributed by atoms with Gasteiger partial charge in [0.05, 0.1) is 5.75 Å². The lowest BCUT2D eigenvalue weighted by Crippen LogP contribution is -2.24. The average Bonchev–Trinajstić information content (AvgIpc) is 3.22. The highest BCUT2D eigenvalue weighted by Gasteiger charge is 2.17. The second-order valence-electron chi connectivity index (χ2n) is 6.54. The molecule has 1 aromatic heterocycles. The van der Waals surface area contributed by atoms with Gasteiger partial charge in [-0.1, -0.05) is 72.4 Å². The van der Waals surface area contributed by atoms with Gasteiger partial charge in [-0.2, -0.15) is 0 Å². The van der Waals surface area contributed by atoms with E-state index in [0.717, 1.165) is 16.8 Å². The highest BCUT2D eigenvalue weighted by Crippen LogP contribution is 2.28. The molecule has 0 atom stereocenters. The molecule has 0 aliphatic carbocycles. The Labute approximate surface area is 178 Å². The molecule has 1 heterocycles. The van der Waals surface area contributed by atoms with E-state index in [4.69, 9.17) is 0 Å². The maximum atomic E-state index is 13.4. The summed E-state index contributed by atoms with van der Waals surface area (Å²) in [5.74, 6) is 0.414. The molecule has 1 amide bonds. The number of halogens is 1. The largest absolute Gasteiger partial charge is 0.351 e. The zero-order chi connectivity index (χ0) is 20.8. The van der Waals surface area contributed by atoms with Crippen LogP contribution in [0.3, 0.4) is 0 Å². The Kier molecular flexibility index (Phi) is 6.20. The van der Waals surface area contributed by atoms with Gasteiger partial charge in [0.25, 0.3) is 0 Å². The molecule has 3 aromatic carbocycles. The summed E-state index contributed by atoms with van der Waals surface area (Å²) in [6, 6.07) is 25.5. The van der Waals surface area contributed by atoms with Gasteiger partial charge in [0, 0.05) is 17.8 Å². The molecule has 4 rings (SSSR count). The van der Waals surface area contributed by atoms with E-state index in [1.165, 1.54) is 23.9 Å². The highest BCUT2D eigenvalue weighted by atomic mass is 32.2. The van der Waals surface area contributed by atoms with Crippen LogP contribution in [0.4, 0.5) is 4.39 Å². The van der Waals surface area contributed by atoms with E-state index >= 15 is 0 Å². The number of rotatable bonds is 7. The van der Waals surface area contributed by atoms with Crippen molar-refractivity contribution in [3.8, 4) is 17.1 Å². The van der Waals surface area contributed by atoms with Gasteiger partial charge in [-0.05, 0) is 29.8 Å². The Morgan fingerprint density at radius 2 is 1.57 bits per heavy atom. The first-order valence-corrected chi connectivity index (χ1v) is 10.4. The molecule has 0 saturated heterocycles. The standard InChI is InChI=1S/C23H19FN4OS/c24-19-11-13-20(14-12-19)28-22(18-9-5-2-6-10-18)26-27-23(28)30-16-21(29)25-15-17-7-3-1-4-8-17/h1-14H,15-16H2,(H,25,29). The molecule has 0 bridgehead atoms. The number of thioether (sulfide) groups is 1. The van der Waals surface area contributed by atoms with Crippen LogP contribution in [0.25, 0.3) is 17.1 Å². The molecular formula is C23H19FN4OS. The second-order valence-corrected chi connectivity index (χ2v) is 7.48. The van der Waals surface area contributed by atoms with Crippen molar-refractivity contribution in [1.82, 2.24) is 20.1 Å². The van der Waals surface area contributed by atoms with Crippen molar-refractivity contribution in [3.63, 3.8) is 0 Å². The molecule has 0 aliphatic heterocycles. The third kappa shape index (κ3) is 4.75. The number of nitrogens with zero attached hydrogens (tertiary/aromatic N) is 3. The van der Waals surface area contributed by atoms with E-state index in [1.807, 2.05) is 65.2 Å². The van der Waals surface area contributed by atoms with Gasteiger partial charge in [-0.3, -0.25) is 9.36 Å². The van der Waals surface area contributed by atoms with Crippen molar-refractivity contribution >= 4 is 17.7 Å². The third-order valence-electron chi connectivity index (χ3n) is 4.42. The minimum atomic E-state index is -0.317. The number of amides is 1. The van der Waals surface area contributed by atoms with Crippen molar-refractivity contribution in [2.45, 2.75) is 11.7 Å². The van der Waals surface area contributed by atoms with Crippen LogP contribution in [0.5, 0.6) is 0 Å². The number of nitrogens with one attached hydrogen (secondary N) is 1. The monoisotopic (exact) mass is 418 g/mol. The predicted molar refractivity (Wildman–Crippen MR) is 116 cm³/mol. The van der Waals surface area contributed by atoms with Crippen LogP contribution in [0.1, 0.15) is 5.56 Å². The van der Waals surface area contributed by atoms with Crippen LogP contribution in [0.2, 0.25) is 0 Å². The maximum absolute atomic E-state index is 13.4. The first kappa shape index (κ1) is 19.8. The summed E-state index contributed by atoms with van der Waals surface area (Å²) in [7, 11) is 0. The molecule has 30 heavy (non-hydrogen) atoms. The van der Waals surface area contributed by atoms with Crippen molar-refractivity contribution in [1.29, 1.82) is 0 Å². The van der Waals surface area contributed by atoms with Gasteiger partial charge >= 0.3 is 0 Å². The molecule has 5 nitrogen and oxygen atoms in total. The molecular weight excluding hydrogens is 399 g/mol. The van der Waals surface area contributed by atoms with Gasteiger partial charge in [0.1, 0.15) is 5.82 Å². The molecule has 1 N–H and O–H groups in total. The number of hydrogen-bond acceptors (Lipinski definition) is 4. The van der Waals surface area contributed by atoms with Gasteiger partial charge in [-0.25, -0.2) is 4.39 Å². The number of benzene rings is 3. The van der Waals surface area contributed by atoms with Gasteiger partial charge < -0.3 is 5.32 Å². The lowest BCUT2D eigenvalue weighted by Gasteiger charge is -2.10. The molecule has 0 fully saturated rings. The third-order valence-corrected chi connectivity index (χ3v) is 5.34. The van der Waals surface area contributed by atoms with E-state index in [0.29, 0.717) is 17.5 Å². The quantitative estimate of drug-likeness (QED) is 0.450. The molecule has 0 aliphatic rings. The summed E-state index contributed by atoms with van der Waals surface area (Å²) < 4.78 is 15.3. The molecule has 0 spiro atoms. The second kappa shape index (κ2) is 9.37. The molecule has 4 aromatic rings. The van der Waals surface area contributed by atoms with E-state index in [9.17, 15) is 9.18 Å². The average molecular weight is 418 g/mol. The fourth-order valence-corrected chi connectivity index (χ4v) is 3.72. The van der Waals surface area contributed by atoms with Crippen LogP contribution in [-0.2, 0) is 11.3 Å². The van der Waals surface area contributed by atoms with Crippen LogP contribution >= 0.6 is 11.8 Å². The summed E-state index contributed by atoms with van der Waals surface area (Å²) in [5.41, 5.74) is 2.65. The SMILES string of the molecule is O=C(CSc1nnc(-c2ccccc2)n1-c1ccc(F)cc1)NCc1ccccc1. The van der Waals surface area contributed by atoms with Crippen molar-refractivity contribution in [2.24, 2.45) is 0 Å². The summed E-state index contributed by atoms with van der Waals surface area (Å²) >= 11 is 1.29. The molecule has 0 saturated carbocycles. The topological polar surface area (TPSA) is 59.8 Å². The Morgan fingerprint density at radius 1 is 0.900 bits per heavy atom. The minimum Gasteiger partial charge on any atom is -0.351 e. The highest BCUT2D eigenvalue weighted by molar-refractivity contribution is 7.99. The van der Waals surface area contributed by atoms with Crippen molar-refractivity contribution in [3.05, 3.63) is 96.3 Å². The van der Waals surface area contributed by atoms with E-state index in [2.05, 4.69) is 15.5 Å². The molecule has 7 heteroatoms. The van der Waals surface area contributed by atoms with Gasteiger partial charge in [0.2, 0.25) is 5.91 Å². The maximum Gasteiger partial charge on any atom is 0.230 e. The predicted octanol–water partition coefficient (Wildman–Crippen LogP) is 4.48. The first-order chi connectivity index (χ1) is 14.7. The first-order valence-electron chi connectivity index (χ1n) is 9.41. The van der Waals surface area contributed by atoms with E-state index in [-0.39, 0.29) is 17.5 Å². The number of hydrogen-bond donors (Lipinski definition) is 1. The Morgan fingerprint density at radius 3 is 2.27 bits per heavy atom. The van der Waals surface area contributed by atoms with Crippen LogP contribution in [0, 0.1) is 5.82 Å². The van der Waals surface area contributed by atoms with Crippen LogP contribution < -0.4 is 5.32 Å². The molecule has 0 radical (unpaired) electrons. The summed E-state index contributed by atoms with van der Waals surface area (Å²) in [4.78, 5) is 12.3. The lowest BCUT2D eigenvalue weighted by molar-refractivity contribution is -0.118. The van der Waals surface area contributed by atoms with Crippen molar-refractivity contribution < 1.29 is 9.18 Å². The molecule has 0 unspecified atom stereocenters. The zero-order valence-electron chi connectivity index (χ0n) is 16.0. The normalized spacial score (nSPS) is 10.7. The zero-order valence-corrected chi connectivity index (χ0v) is 16.8. The fourth-order valence-electron chi connectivity index (χ4n) is 2.94. The van der Waals surface area contributed by atoms with Gasteiger partial charge in [0.15, 0.2) is 11.0 Å². The number of carbonyl (C=O) groups is 1. The summed E-state index contributed by atoms with van der Waals surface area (Å²) in [6.45, 7) is 0.472. The Hall–Kier alpha value is -3.45. The summed E-state index contributed by atoms with van der Waals surface area (Å²) in [5, 5.41) is 12.1. The van der Waals surface area contributed by atoms with Gasteiger partial charge in [-0.15, -0.1) is 10.2 Å². The van der Waals surface area contributed by atoms with E-state index < -0.39 is 0 Å². The minimum absolute atomic E-state index is 0.0984. The van der Waals surface area contributed by atoms with Crippen LogP contribution in [-0.4, -0.2) is 26.4 Å². The van der Waals surface area contributed by atoms with E-state index in [1.54, 1.807) is 12.1 Å².